The van der Waals surface area contributed by atoms with Crippen LogP contribution in [0.1, 0.15) is 9.67 Å². The third-order valence-electron chi connectivity index (χ3n) is 2.13. The number of hydrogen-bond acceptors (Lipinski definition) is 5. The molecule has 0 saturated carbocycles. The second-order valence-electron chi connectivity index (χ2n) is 3.38. The molecule has 1 aromatic carbocycles. The van der Waals surface area contributed by atoms with Crippen LogP contribution < -0.4 is 5.32 Å². The van der Waals surface area contributed by atoms with Gasteiger partial charge in [-0.3, -0.25) is 0 Å². The maximum Gasteiger partial charge on any atom is 0.351 e. The Morgan fingerprint density at radius 3 is 2.95 bits per heavy atom. The fraction of sp³-hybridized carbons (Fsp3) is 0.0909. The van der Waals surface area contributed by atoms with Gasteiger partial charge in [0, 0.05) is 13.7 Å². The van der Waals surface area contributed by atoms with Crippen LogP contribution in [-0.2, 0) is 4.74 Å². The van der Waals surface area contributed by atoms with Crippen molar-refractivity contribution in [1.82, 2.24) is 4.98 Å². The number of nitrogens with zero attached hydrogens (tertiary/aromatic N) is 1. The highest BCUT2D eigenvalue weighted by atomic mass is 127. The molecule has 1 aromatic heterocycles. The van der Waals surface area contributed by atoms with E-state index in [9.17, 15) is 4.79 Å². The maximum atomic E-state index is 11.4. The van der Waals surface area contributed by atoms with Crippen molar-refractivity contribution >= 4 is 78.2 Å². The molecule has 19 heavy (non-hydrogen) atoms. The van der Waals surface area contributed by atoms with Crippen LogP contribution in [-0.4, -0.2) is 18.1 Å². The number of halogens is 3. The molecule has 0 bridgehead atoms. The Balaban J connectivity index is 2.24. The van der Waals surface area contributed by atoms with Gasteiger partial charge in [0.05, 0.1) is 7.11 Å². The van der Waals surface area contributed by atoms with Crippen LogP contribution >= 0.6 is 61.5 Å². The van der Waals surface area contributed by atoms with E-state index in [0.29, 0.717) is 10.0 Å². The van der Waals surface area contributed by atoms with Crippen LogP contribution in [0.5, 0.6) is 0 Å². The number of aromatic nitrogens is 1. The largest absolute Gasteiger partial charge is 0.465 e. The number of hydrogen-bond donors (Lipinski definition) is 1. The van der Waals surface area contributed by atoms with Gasteiger partial charge in [-0.15, -0.1) is 0 Å². The summed E-state index contributed by atoms with van der Waals surface area (Å²) in [5, 5.41) is 3.79. The maximum absolute atomic E-state index is 11.4. The van der Waals surface area contributed by atoms with E-state index in [1.54, 1.807) is 0 Å². The molecule has 0 aliphatic carbocycles. The van der Waals surface area contributed by atoms with E-state index in [1.165, 1.54) is 7.11 Å². The highest BCUT2D eigenvalue weighted by Crippen LogP contribution is 2.31. The minimum Gasteiger partial charge on any atom is -0.465 e. The molecular formula is C11H7BrClIN2O2S. The lowest BCUT2D eigenvalue weighted by Gasteiger charge is -2.03. The number of esters is 1. The zero-order valence-electron chi connectivity index (χ0n) is 9.54. The van der Waals surface area contributed by atoms with Crippen molar-refractivity contribution in [2.45, 2.75) is 0 Å². The molecule has 0 aliphatic rings. The number of carbonyl (C=O) groups is 1. The quantitative estimate of drug-likeness (QED) is 0.519. The van der Waals surface area contributed by atoms with E-state index < -0.39 is 5.97 Å². The SMILES string of the molecule is COC(=O)c1sc(Nc2ccc(Br)c(I)c2)nc1Cl. The highest BCUT2D eigenvalue weighted by molar-refractivity contribution is 14.1. The van der Waals surface area contributed by atoms with Gasteiger partial charge < -0.3 is 10.1 Å². The van der Waals surface area contributed by atoms with E-state index in [0.717, 1.165) is 25.1 Å². The van der Waals surface area contributed by atoms with Crippen molar-refractivity contribution < 1.29 is 9.53 Å². The van der Waals surface area contributed by atoms with Crippen molar-refractivity contribution in [2.24, 2.45) is 0 Å². The Kier molecular flexibility index (Phi) is 5.04. The van der Waals surface area contributed by atoms with E-state index in [4.69, 9.17) is 11.6 Å². The molecule has 0 spiro atoms. The molecule has 2 aromatic rings. The molecule has 1 heterocycles. The molecule has 0 fully saturated rings. The topological polar surface area (TPSA) is 51.2 Å². The summed E-state index contributed by atoms with van der Waals surface area (Å²) >= 11 is 12.7. The summed E-state index contributed by atoms with van der Waals surface area (Å²) < 4.78 is 6.71. The summed E-state index contributed by atoms with van der Waals surface area (Å²) in [6.07, 6.45) is 0. The molecule has 0 amide bonds. The summed E-state index contributed by atoms with van der Waals surface area (Å²) in [5.41, 5.74) is 0.870. The molecule has 0 aliphatic heterocycles. The molecule has 100 valence electrons. The van der Waals surface area contributed by atoms with Crippen LogP contribution in [0.15, 0.2) is 22.7 Å². The van der Waals surface area contributed by atoms with Gasteiger partial charge in [-0.2, -0.15) is 0 Å². The number of benzene rings is 1. The fourth-order valence-electron chi connectivity index (χ4n) is 1.27. The number of methoxy groups -OCH3 is 1. The zero-order valence-corrected chi connectivity index (χ0v) is 14.9. The van der Waals surface area contributed by atoms with Crippen LogP contribution in [0.25, 0.3) is 0 Å². The molecule has 2 rings (SSSR count). The Hall–Kier alpha value is -0.380. The lowest BCUT2D eigenvalue weighted by Crippen LogP contribution is -1.98. The number of thiazole rings is 1. The van der Waals surface area contributed by atoms with Gasteiger partial charge in [-0.1, -0.05) is 22.9 Å². The molecule has 0 saturated heterocycles. The van der Waals surface area contributed by atoms with Crippen molar-refractivity contribution in [1.29, 1.82) is 0 Å². The van der Waals surface area contributed by atoms with Gasteiger partial charge in [-0.25, -0.2) is 9.78 Å². The van der Waals surface area contributed by atoms with Crippen molar-refractivity contribution in [3.8, 4) is 0 Å². The second kappa shape index (κ2) is 6.38. The van der Waals surface area contributed by atoms with Gasteiger partial charge in [-0.05, 0) is 56.7 Å². The first-order valence-electron chi connectivity index (χ1n) is 4.98. The van der Waals surface area contributed by atoms with Crippen LogP contribution in [0.4, 0.5) is 10.8 Å². The molecule has 0 unspecified atom stereocenters. The summed E-state index contributed by atoms with van der Waals surface area (Å²) in [7, 11) is 1.31. The Morgan fingerprint density at radius 1 is 1.58 bits per heavy atom. The number of ether oxygens (including phenoxy) is 1. The lowest BCUT2D eigenvalue weighted by atomic mass is 10.3. The zero-order chi connectivity index (χ0) is 14.0. The normalized spacial score (nSPS) is 10.3. The minimum atomic E-state index is -0.485. The predicted octanol–water partition coefficient (Wildman–Crippen LogP) is 4.69. The molecule has 0 atom stereocenters. The van der Waals surface area contributed by atoms with E-state index >= 15 is 0 Å². The van der Waals surface area contributed by atoms with Gasteiger partial charge >= 0.3 is 5.97 Å². The lowest BCUT2D eigenvalue weighted by molar-refractivity contribution is 0.0606. The third-order valence-corrected chi connectivity index (χ3v) is 5.79. The average Bonchev–Trinajstić information content (AvgIpc) is 2.74. The number of anilines is 2. The summed E-state index contributed by atoms with van der Waals surface area (Å²) in [6, 6.07) is 5.79. The first-order chi connectivity index (χ1) is 9.01. The molecule has 8 heteroatoms. The highest BCUT2D eigenvalue weighted by Gasteiger charge is 2.17. The van der Waals surface area contributed by atoms with Crippen LogP contribution in [0.3, 0.4) is 0 Å². The third kappa shape index (κ3) is 3.59. The first kappa shape index (κ1) is 15.0. The van der Waals surface area contributed by atoms with Gasteiger partial charge in [0.2, 0.25) is 0 Å². The Labute approximate surface area is 140 Å². The van der Waals surface area contributed by atoms with Gasteiger partial charge in [0.15, 0.2) is 15.2 Å². The van der Waals surface area contributed by atoms with E-state index in [1.807, 2.05) is 18.2 Å². The van der Waals surface area contributed by atoms with Gasteiger partial charge in [0.25, 0.3) is 0 Å². The van der Waals surface area contributed by atoms with E-state index in [-0.39, 0.29) is 5.15 Å². The first-order valence-corrected chi connectivity index (χ1v) is 8.04. The standard InChI is InChI=1S/C11H7BrClIN2O2S/c1-18-10(17)8-9(13)16-11(19-8)15-5-2-3-6(12)7(14)4-5/h2-4H,1H3,(H,15,16). The summed E-state index contributed by atoms with van der Waals surface area (Å²) in [4.78, 5) is 15.8. The Bertz CT molecular complexity index is 635. The van der Waals surface area contributed by atoms with Gasteiger partial charge in [0.1, 0.15) is 0 Å². The molecule has 1 N–H and O–H groups in total. The van der Waals surface area contributed by atoms with Crippen LogP contribution in [0.2, 0.25) is 5.15 Å². The van der Waals surface area contributed by atoms with Crippen LogP contribution in [0, 0.1) is 3.57 Å². The van der Waals surface area contributed by atoms with E-state index in [2.05, 4.69) is 53.6 Å². The average molecular weight is 474 g/mol. The van der Waals surface area contributed by atoms with Crippen molar-refractivity contribution in [3.63, 3.8) is 0 Å². The summed E-state index contributed by atoms with van der Waals surface area (Å²) in [6.45, 7) is 0. The number of carbonyl (C=O) groups excluding carboxylic acids is 1. The fourth-order valence-corrected chi connectivity index (χ4v) is 3.16. The second-order valence-corrected chi connectivity index (χ2v) is 6.76. The molecule has 0 radical (unpaired) electrons. The Morgan fingerprint density at radius 2 is 2.32 bits per heavy atom. The molecular weight excluding hydrogens is 466 g/mol. The van der Waals surface area contributed by atoms with Crippen molar-refractivity contribution in [2.75, 3.05) is 12.4 Å². The van der Waals surface area contributed by atoms with Crippen molar-refractivity contribution in [3.05, 3.63) is 36.3 Å². The minimum absolute atomic E-state index is 0.145. The predicted molar refractivity (Wildman–Crippen MR) is 88.6 cm³/mol. The smallest absolute Gasteiger partial charge is 0.351 e. The summed E-state index contributed by atoms with van der Waals surface area (Å²) in [5.74, 6) is -0.485. The monoisotopic (exact) mass is 472 g/mol. The number of rotatable bonds is 3. The number of nitrogens with one attached hydrogen (secondary N) is 1. The molecule has 4 nitrogen and oxygen atoms in total.